The van der Waals surface area contributed by atoms with Gasteiger partial charge in [-0.15, -0.1) is 0 Å². The molecule has 1 atom stereocenters. The molecule has 130 valence electrons. The maximum absolute atomic E-state index is 12.1. The van der Waals surface area contributed by atoms with Crippen LogP contribution in [0, 0.1) is 5.92 Å². The third-order valence-electron chi connectivity index (χ3n) is 3.92. The van der Waals surface area contributed by atoms with Gasteiger partial charge in [0.15, 0.2) is 9.84 Å². The lowest BCUT2D eigenvalue weighted by Gasteiger charge is -2.15. The SMILES string of the molecule is CC(C)CC(=O)Nc1cc(C(C)(C)C)nn1C1CCS(=O)(=O)C1. The Labute approximate surface area is 138 Å². The summed E-state index contributed by atoms with van der Waals surface area (Å²) in [5, 5.41) is 7.50. The number of carbonyl (C=O) groups excluding carboxylic acids is 1. The summed E-state index contributed by atoms with van der Waals surface area (Å²) >= 11 is 0. The molecule has 1 saturated heterocycles. The summed E-state index contributed by atoms with van der Waals surface area (Å²) in [7, 11) is -3.01. The lowest BCUT2D eigenvalue weighted by molar-refractivity contribution is -0.116. The molecule has 0 saturated carbocycles. The van der Waals surface area contributed by atoms with E-state index in [0.29, 0.717) is 18.7 Å². The maximum atomic E-state index is 12.1. The van der Waals surface area contributed by atoms with E-state index in [2.05, 4.69) is 10.4 Å². The van der Waals surface area contributed by atoms with Gasteiger partial charge in [0, 0.05) is 17.9 Å². The van der Waals surface area contributed by atoms with Crippen molar-refractivity contribution in [2.24, 2.45) is 5.92 Å². The van der Waals surface area contributed by atoms with Crippen molar-refractivity contribution in [2.45, 2.75) is 58.9 Å². The van der Waals surface area contributed by atoms with Crippen LogP contribution >= 0.6 is 0 Å². The zero-order valence-electron chi connectivity index (χ0n) is 14.6. The Kier molecular flexibility index (Phi) is 4.89. The van der Waals surface area contributed by atoms with Crippen molar-refractivity contribution in [3.05, 3.63) is 11.8 Å². The fourth-order valence-electron chi connectivity index (χ4n) is 2.67. The van der Waals surface area contributed by atoms with Gasteiger partial charge < -0.3 is 5.32 Å². The number of sulfone groups is 1. The van der Waals surface area contributed by atoms with Crippen LogP contribution in [0.4, 0.5) is 5.82 Å². The molecule has 1 aliphatic heterocycles. The van der Waals surface area contributed by atoms with Crippen LogP contribution in [0.25, 0.3) is 0 Å². The highest BCUT2D eigenvalue weighted by Gasteiger charge is 2.32. The van der Waals surface area contributed by atoms with Crippen LogP contribution in [0.3, 0.4) is 0 Å². The van der Waals surface area contributed by atoms with Gasteiger partial charge in [-0.25, -0.2) is 13.1 Å². The molecule has 0 spiro atoms. The molecule has 6 nitrogen and oxygen atoms in total. The van der Waals surface area contributed by atoms with Gasteiger partial charge in [0.1, 0.15) is 5.82 Å². The van der Waals surface area contributed by atoms with Crippen molar-refractivity contribution >= 4 is 21.6 Å². The molecule has 1 N–H and O–H groups in total. The van der Waals surface area contributed by atoms with Gasteiger partial charge in [-0.05, 0) is 12.3 Å². The summed E-state index contributed by atoms with van der Waals surface area (Å²) in [6.45, 7) is 10.1. The van der Waals surface area contributed by atoms with E-state index in [1.807, 2.05) is 40.7 Å². The molecule has 1 aromatic heterocycles. The lowest BCUT2D eigenvalue weighted by Crippen LogP contribution is -2.20. The van der Waals surface area contributed by atoms with Gasteiger partial charge in [-0.3, -0.25) is 4.79 Å². The number of rotatable bonds is 4. The van der Waals surface area contributed by atoms with E-state index < -0.39 is 9.84 Å². The van der Waals surface area contributed by atoms with Crippen molar-refractivity contribution in [3.8, 4) is 0 Å². The smallest absolute Gasteiger partial charge is 0.225 e. The maximum Gasteiger partial charge on any atom is 0.225 e. The Bertz CT molecular complexity index is 684. The normalized spacial score (nSPS) is 20.9. The third kappa shape index (κ3) is 4.56. The van der Waals surface area contributed by atoms with Crippen LogP contribution in [-0.2, 0) is 20.0 Å². The summed E-state index contributed by atoms with van der Waals surface area (Å²) < 4.78 is 25.2. The predicted molar refractivity (Wildman–Crippen MR) is 91.3 cm³/mol. The third-order valence-corrected chi connectivity index (χ3v) is 5.67. The van der Waals surface area contributed by atoms with Gasteiger partial charge >= 0.3 is 0 Å². The number of nitrogens with one attached hydrogen (secondary N) is 1. The quantitative estimate of drug-likeness (QED) is 0.912. The minimum absolute atomic E-state index is 0.0672. The number of amides is 1. The van der Waals surface area contributed by atoms with E-state index in [-0.39, 0.29) is 34.8 Å². The van der Waals surface area contributed by atoms with Crippen LogP contribution < -0.4 is 5.32 Å². The predicted octanol–water partition coefficient (Wildman–Crippen LogP) is 2.52. The first-order valence-corrected chi connectivity index (χ1v) is 9.90. The fraction of sp³-hybridized carbons (Fsp3) is 0.750. The first-order chi connectivity index (χ1) is 10.5. The average Bonchev–Trinajstić information content (AvgIpc) is 2.90. The molecular weight excluding hydrogens is 314 g/mol. The van der Waals surface area contributed by atoms with Gasteiger partial charge in [0.2, 0.25) is 5.91 Å². The molecule has 1 aliphatic rings. The van der Waals surface area contributed by atoms with Crippen LogP contribution in [0.5, 0.6) is 0 Å². The van der Waals surface area contributed by atoms with Gasteiger partial charge in [-0.2, -0.15) is 5.10 Å². The van der Waals surface area contributed by atoms with Crippen molar-refractivity contribution < 1.29 is 13.2 Å². The summed E-state index contributed by atoms with van der Waals surface area (Å²) in [6, 6.07) is 1.66. The number of aromatic nitrogens is 2. The van der Waals surface area contributed by atoms with Crippen LogP contribution in [0.1, 0.15) is 59.2 Å². The zero-order chi connectivity index (χ0) is 17.4. The molecule has 23 heavy (non-hydrogen) atoms. The zero-order valence-corrected chi connectivity index (χ0v) is 15.4. The first-order valence-electron chi connectivity index (χ1n) is 8.08. The molecule has 1 amide bonds. The minimum Gasteiger partial charge on any atom is -0.311 e. The molecule has 1 aromatic rings. The highest BCUT2D eigenvalue weighted by atomic mass is 32.2. The van der Waals surface area contributed by atoms with E-state index in [0.717, 1.165) is 5.69 Å². The van der Waals surface area contributed by atoms with Crippen molar-refractivity contribution in [2.75, 3.05) is 16.8 Å². The molecular formula is C16H27N3O3S. The molecule has 1 fully saturated rings. The Morgan fingerprint density at radius 1 is 1.43 bits per heavy atom. The molecule has 0 aromatic carbocycles. The minimum atomic E-state index is -3.01. The molecule has 2 heterocycles. The summed E-state index contributed by atoms with van der Waals surface area (Å²) in [5.41, 5.74) is 0.682. The van der Waals surface area contributed by atoms with Crippen LogP contribution in [-0.4, -0.2) is 35.6 Å². The lowest BCUT2D eigenvalue weighted by atomic mass is 9.92. The van der Waals surface area contributed by atoms with Crippen molar-refractivity contribution in [3.63, 3.8) is 0 Å². The van der Waals surface area contributed by atoms with E-state index in [4.69, 9.17) is 0 Å². The molecule has 2 rings (SSSR count). The van der Waals surface area contributed by atoms with Crippen LogP contribution in [0.2, 0.25) is 0 Å². The Hall–Kier alpha value is -1.37. The number of hydrogen-bond acceptors (Lipinski definition) is 4. The van der Waals surface area contributed by atoms with Gasteiger partial charge in [-0.1, -0.05) is 34.6 Å². The monoisotopic (exact) mass is 341 g/mol. The van der Waals surface area contributed by atoms with Crippen molar-refractivity contribution in [1.29, 1.82) is 0 Å². The highest BCUT2D eigenvalue weighted by Crippen LogP contribution is 2.31. The van der Waals surface area contributed by atoms with Gasteiger partial charge in [0.05, 0.1) is 23.2 Å². The molecule has 1 unspecified atom stereocenters. The molecule has 0 radical (unpaired) electrons. The summed E-state index contributed by atoms with van der Waals surface area (Å²) in [4.78, 5) is 12.1. The second-order valence-electron chi connectivity index (χ2n) is 7.81. The number of carbonyl (C=O) groups is 1. The fourth-order valence-corrected chi connectivity index (χ4v) is 4.36. The van der Waals surface area contributed by atoms with Crippen LogP contribution in [0.15, 0.2) is 6.07 Å². The second-order valence-corrected chi connectivity index (χ2v) is 10.0. The van der Waals surface area contributed by atoms with Gasteiger partial charge in [0.25, 0.3) is 0 Å². The number of nitrogens with zero attached hydrogens (tertiary/aromatic N) is 2. The largest absolute Gasteiger partial charge is 0.311 e. The summed E-state index contributed by atoms with van der Waals surface area (Å²) in [5.74, 6) is 1.07. The van der Waals surface area contributed by atoms with E-state index >= 15 is 0 Å². The average molecular weight is 341 g/mol. The number of anilines is 1. The Balaban J connectivity index is 2.32. The second kappa shape index (κ2) is 6.26. The highest BCUT2D eigenvalue weighted by molar-refractivity contribution is 7.91. The Morgan fingerprint density at radius 3 is 2.57 bits per heavy atom. The topological polar surface area (TPSA) is 81.1 Å². The van der Waals surface area contributed by atoms with E-state index in [1.165, 1.54) is 0 Å². The van der Waals surface area contributed by atoms with Crippen molar-refractivity contribution in [1.82, 2.24) is 9.78 Å². The molecule has 0 bridgehead atoms. The Morgan fingerprint density at radius 2 is 2.09 bits per heavy atom. The van der Waals surface area contributed by atoms with E-state index in [9.17, 15) is 13.2 Å². The number of hydrogen-bond donors (Lipinski definition) is 1. The first kappa shape index (κ1) is 18.0. The molecule has 0 aliphatic carbocycles. The molecule has 7 heteroatoms. The van der Waals surface area contributed by atoms with E-state index in [1.54, 1.807) is 4.68 Å². The standard InChI is InChI=1S/C16H27N3O3S/c1-11(2)8-15(20)17-14-9-13(16(3,4)5)18-19(14)12-6-7-23(21,22)10-12/h9,11-12H,6-8,10H2,1-5H3,(H,17,20). The summed E-state index contributed by atoms with van der Waals surface area (Å²) in [6.07, 6.45) is 0.972.